The molecule has 4 aliphatic rings. The zero-order chi connectivity index (χ0) is 23.7. The molecule has 0 radical (unpaired) electrons. The van der Waals surface area contributed by atoms with E-state index < -0.39 is 50.9 Å². The Balaban J connectivity index is 1.80. The fraction of sp³-hybridized carbons (Fsp3) is 0.696. The van der Waals surface area contributed by atoms with Crippen LogP contribution in [0.1, 0.15) is 46.0 Å². The number of rotatable bonds is 3. The van der Waals surface area contributed by atoms with Crippen LogP contribution in [0.2, 0.25) is 0 Å². The number of carbonyl (C=O) groups is 3. The number of esters is 2. The third kappa shape index (κ3) is 2.83. The molecule has 0 aromatic rings. The van der Waals surface area contributed by atoms with Gasteiger partial charge in [0.15, 0.2) is 11.5 Å². The summed E-state index contributed by atoms with van der Waals surface area (Å²) >= 11 is 11.4. The first-order valence-electron chi connectivity index (χ1n) is 10.8. The zero-order valence-electron chi connectivity index (χ0n) is 18.2. The lowest BCUT2D eigenvalue weighted by Crippen LogP contribution is -2.69. The Kier molecular flexibility index (Phi) is 5.58. The van der Waals surface area contributed by atoms with Crippen LogP contribution in [0, 0.1) is 22.7 Å². The number of alkyl halides is 3. The number of hydrogen-bond donors (Lipinski definition) is 1. The van der Waals surface area contributed by atoms with Crippen molar-refractivity contribution in [1.29, 1.82) is 0 Å². The van der Waals surface area contributed by atoms with E-state index in [-0.39, 0.29) is 24.5 Å². The predicted molar refractivity (Wildman–Crippen MR) is 115 cm³/mol. The molecule has 0 bridgehead atoms. The van der Waals surface area contributed by atoms with Crippen molar-refractivity contribution in [2.45, 2.75) is 68.2 Å². The predicted octanol–water partition coefficient (Wildman–Crippen LogP) is 3.62. The fourth-order valence-corrected chi connectivity index (χ4v) is 7.21. The molecule has 0 aliphatic heterocycles. The molecule has 4 aliphatic carbocycles. The van der Waals surface area contributed by atoms with Gasteiger partial charge < -0.3 is 14.6 Å². The molecule has 0 spiro atoms. The van der Waals surface area contributed by atoms with Gasteiger partial charge in [0.2, 0.25) is 10.4 Å². The number of fused-ring (bicyclic) bond motifs is 5. The fourth-order valence-electron chi connectivity index (χ4n) is 7.12. The normalized spacial score (nSPS) is 44.9. The Labute approximate surface area is 196 Å². The Bertz CT molecular complexity index is 933. The van der Waals surface area contributed by atoms with Gasteiger partial charge in [0.25, 0.3) is 0 Å². The molecule has 1 N–H and O–H groups in total. The molecular formula is C23H27Cl2FO6. The summed E-state index contributed by atoms with van der Waals surface area (Å²) in [4.78, 5) is 35.8. The topological polar surface area (TPSA) is 89.9 Å². The number of aliphatic hydroxyl groups excluding tert-OH is 1. The second kappa shape index (κ2) is 7.54. The summed E-state index contributed by atoms with van der Waals surface area (Å²) in [5.74, 6) is -2.94. The molecule has 176 valence electrons. The molecule has 32 heavy (non-hydrogen) atoms. The van der Waals surface area contributed by atoms with Gasteiger partial charge in [-0.2, -0.15) is 0 Å². The quantitative estimate of drug-likeness (QED) is 0.481. The molecule has 0 heterocycles. The van der Waals surface area contributed by atoms with Gasteiger partial charge in [-0.15, -0.1) is 0 Å². The van der Waals surface area contributed by atoms with E-state index in [9.17, 15) is 19.5 Å². The first kappa shape index (κ1) is 23.7. The third-order valence-electron chi connectivity index (χ3n) is 8.73. The Morgan fingerprint density at radius 3 is 2.56 bits per heavy atom. The highest BCUT2D eigenvalue weighted by molar-refractivity contribution is 6.53. The largest absolute Gasteiger partial charge is 0.466 e. The summed E-state index contributed by atoms with van der Waals surface area (Å²) < 4.78 is 27.7. The van der Waals surface area contributed by atoms with E-state index in [2.05, 4.69) is 0 Å². The van der Waals surface area contributed by atoms with Crippen molar-refractivity contribution >= 4 is 40.9 Å². The van der Waals surface area contributed by atoms with Crippen molar-refractivity contribution < 1.29 is 33.4 Å². The number of hydrogen-bond acceptors (Lipinski definition) is 6. The molecule has 3 fully saturated rings. The van der Waals surface area contributed by atoms with Gasteiger partial charge >= 0.3 is 11.9 Å². The molecule has 0 unspecified atom stereocenters. The van der Waals surface area contributed by atoms with Crippen LogP contribution in [0.5, 0.6) is 0 Å². The first-order chi connectivity index (χ1) is 14.9. The van der Waals surface area contributed by atoms with E-state index in [0.29, 0.717) is 24.8 Å². The van der Waals surface area contributed by atoms with Gasteiger partial charge in [-0.3, -0.25) is 4.79 Å². The Morgan fingerprint density at radius 1 is 1.25 bits per heavy atom. The average Bonchev–Trinajstić information content (AvgIpc) is 3.01. The first-order valence-corrected chi connectivity index (χ1v) is 11.7. The van der Waals surface area contributed by atoms with Gasteiger partial charge in [0, 0.05) is 16.7 Å². The molecule has 0 aromatic carbocycles. The van der Waals surface area contributed by atoms with E-state index in [1.54, 1.807) is 19.9 Å². The molecule has 4 rings (SSSR count). The summed E-state index contributed by atoms with van der Waals surface area (Å²) in [5.41, 5.74) is -5.35. The Morgan fingerprint density at radius 2 is 1.94 bits per heavy atom. The molecule has 6 nitrogen and oxygen atoms in total. The van der Waals surface area contributed by atoms with Crippen molar-refractivity contribution in [1.82, 2.24) is 0 Å². The monoisotopic (exact) mass is 488 g/mol. The average molecular weight is 489 g/mol. The lowest BCUT2D eigenvalue weighted by atomic mass is 9.45. The maximum Gasteiger partial charge on any atom is 0.350 e. The number of ether oxygens (including phenoxy) is 2. The molecule has 0 amide bonds. The van der Waals surface area contributed by atoms with E-state index >= 15 is 4.39 Å². The number of ketones is 1. The van der Waals surface area contributed by atoms with Crippen LogP contribution in [0.15, 0.2) is 23.8 Å². The molecule has 9 heteroatoms. The van der Waals surface area contributed by atoms with Gasteiger partial charge in [-0.1, -0.05) is 41.8 Å². The summed E-state index contributed by atoms with van der Waals surface area (Å²) in [5, 5.41) is 11.3. The summed E-state index contributed by atoms with van der Waals surface area (Å²) in [6.45, 7) is 3.46. The minimum atomic E-state index is -2.05. The second-order valence-electron chi connectivity index (χ2n) is 9.84. The molecular weight excluding hydrogens is 462 g/mol. The van der Waals surface area contributed by atoms with Gasteiger partial charge in [-0.25, -0.2) is 14.0 Å². The highest BCUT2D eigenvalue weighted by Gasteiger charge is 2.76. The van der Waals surface area contributed by atoms with Crippen LogP contribution in [0.3, 0.4) is 0 Å². The van der Waals surface area contributed by atoms with E-state index in [4.69, 9.17) is 32.7 Å². The van der Waals surface area contributed by atoms with Crippen molar-refractivity contribution in [2.75, 3.05) is 7.11 Å². The smallest absolute Gasteiger partial charge is 0.350 e. The second-order valence-corrected chi connectivity index (χ2v) is 10.9. The number of allylic oxidation sites excluding steroid dienone is 4. The van der Waals surface area contributed by atoms with Crippen LogP contribution in [0.25, 0.3) is 0 Å². The number of carbonyl (C=O) groups excluding carboxylic acids is 3. The number of methoxy groups -OCH3 is 1. The number of aliphatic hydroxyl groups is 1. The highest BCUT2D eigenvalue weighted by atomic mass is 35.5. The maximum absolute atomic E-state index is 17.1. The van der Waals surface area contributed by atoms with Crippen molar-refractivity contribution in [3.8, 4) is 0 Å². The van der Waals surface area contributed by atoms with E-state index in [0.717, 1.165) is 0 Å². The van der Waals surface area contributed by atoms with Crippen LogP contribution < -0.4 is 0 Å². The summed E-state index contributed by atoms with van der Waals surface area (Å²) in [7, 11) is 1.19. The Hall–Kier alpha value is -1.44. The van der Waals surface area contributed by atoms with Crippen LogP contribution in [0.4, 0.5) is 4.39 Å². The minimum absolute atomic E-state index is 0.111. The SMILES string of the molecule is COC(=O)[C@@]1(OC(=O)C(Cl)Cl)CC[C@H]2[C@@H]3CCC4=CC(=O)C=C[C@]4(C)[C@@]3(F)[C@@H](O)C[C@@]21C. The molecule has 0 aromatic heterocycles. The zero-order valence-corrected chi connectivity index (χ0v) is 19.7. The standard InChI is InChI=1S/C23H27Cl2FO6/c1-20-8-6-13(27)10-12(20)4-5-15-14-7-9-22(19(30)31-3,32-18(29)17(24)25)21(14,2)11-16(28)23(15,20)26/h6,8,10,14-17,28H,4-5,7,9,11H2,1-3H3/t14-,15-,16-,20-,21-,22-,23-/m0/s1. The van der Waals surface area contributed by atoms with E-state index in [1.807, 2.05) is 0 Å². The lowest BCUT2D eigenvalue weighted by Gasteiger charge is -2.62. The van der Waals surface area contributed by atoms with Gasteiger partial charge in [-0.05, 0) is 57.1 Å². The summed E-state index contributed by atoms with van der Waals surface area (Å²) in [6, 6.07) is 0. The van der Waals surface area contributed by atoms with Crippen molar-refractivity contribution in [3.05, 3.63) is 23.8 Å². The van der Waals surface area contributed by atoms with Crippen LogP contribution >= 0.6 is 23.2 Å². The maximum atomic E-state index is 17.1. The summed E-state index contributed by atoms with van der Waals surface area (Å²) in [6.07, 6.45) is 4.19. The number of halogens is 3. The van der Waals surface area contributed by atoms with Crippen LogP contribution in [-0.4, -0.2) is 52.1 Å². The molecule has 0 saturated heterocycles. The molecule has 3 saturated carbocycles. The third-order valence-corrected chi connectivity index (χ3v) is 9.09. The van der Waals surface area contributed by atoms with Crippen molar-refractivity contribution in [3.63, 3.8) is 0 Å². The van der Waals surface area contributed by atoms with Crippen molar-refractivity contribution in [2.24, 2.45) is 22.7 Å². The lowest BCUT2D eigenvalue weighted by molar-refractivity contribution is -0.231. The molecule has 7 atom stereocenters. The minimum Gasteiger partial charge on any atom is -0.466 e. The van der Waals surface area contributed by atoms with E-state index in [1.165, 1.54) is 19.3 Å². The van der Waals surface area contributed by atoms with Crippen LogP contribution in [-0.2, 0) is 23.9 Å². The highest BCUT2D eigenvalue weighted by Crippen LogP contribution is 2.70. The van der Waals surface area contributed by atoms with Gasteiger partial charge in [0.1, 0.15) is 0 Å². The van der Waals surface area contributed by atoms with Gasteiger partial charge in [0.05, 0.1) is 13.2 Å².